The van der Waals surface area contributed by atoms with Crippen molar-refractivity contribution in [2.45, 2.75) is 39.3 Å². The maximum atomic E-state index is 12.1. The predicted octanol–water partition coefficient (Wildman–Crippen LogP) is 2.83. The number of hydrogen-bond donors (Lipinski definition) is 0. The zero-order valence-electron chi connectivity index (χ0n) is 13.7. The second-order valence-corrected chi connectivity index (χ2v) is 5.77. The van der Waals surface area contributed by atoms with Gasteiger partial charge in [0.15, 0.2) is 0 Å². The van der Waals surface area contributed by atoms with E-state index in [1.54, 1.807) is 0 Å². The van der Waals surface area contributed by atoms with Gasteiger partial charge in [-0.25, -0.2) is 4.98 Å². The topological polar surface area (TPSA) is 47.4 Å². The van der Waals surface area contributed by atoms with Crippen molar-refractivity contribution in [2.24, 2.45) is 0 Å². The van der Waals surface area contributed by atoms with Crippen LogP contribution < -0.4 is 0 Å². The van der Waals surface area contributed by atoms with E-state index in [2.05, 4.69) is 11.9 Å². The summed E-state index contributed by atoms with van der Waals surface area (Å²) in [6.45, 7) is 3.54. The Morgan fingerprint density at radius 3 is 2.77 bits per heavy atom. The molecule has 0 fully saturated rings. The molecule has 2 aromatic rings. The average molecular weight is 303 g/mol. The molecule has 0 spiro atoms. The predicted molar refractivity (Wildman–Crippen MR) is 87.6 cm³/mol. The first kappa shape index (κ1) is 16.5. The van der Waals surface area contributed by atoms with E-state index in [1.165, 1.54) is 0 Å². The lowest BCUT2D eigenvalue weighted by atomic mass is 10.3. The molecule has 0 amide bonds. The number of para-hydroxylation sites is 2. The number of carbonyl (C=O) groups excluding carboxylic acids is 1. The summed E-state index contributed by atoms with van der Waals surface area (Å²) >= 11 is 0. The molecule has 0 saturated carbocycles. The number of aromatic nitrogens is 2. The minimum Gasteiger partial charge on any atom is -0.464 e. The van der Waals surface area contributed by atoms with Gasteiger partial charge in [-0.3, -0.25) is 4.79 Å². The quantitative estimate of drug-likeness (QED) is 0.556. The minimum atomic E-state index is -0.195. The Balaban J connectivity index is 2.12. The molecule has 1 heterocycles. The first-order valence-corrected chi connectivity index (χ1v) is 7.86. The van der Waals surface area contributed by atoms with E-state index < -0.39 is 0 Å². The zero-order chi connectivity index (χ0) is 15.9. The molecule has 1 aromatic heterocycles. The van der Waals surface area contributed by atoms with Crippen LogP contribution in [0, 0.1) is 0 Å². The van der Waals surface area contributed by atoms with Crippen molar-refractivity contribution in [1.82, 2.24) is 14.5 Å². The van der Waals surface area contributed by atoms with Gasteiger partial charge >= 0.3 is 5.97 Å². The standard InChI is InChI=1S/C17H25N3O2/c1-4-5-8-11-22-17(21)13-20-15-10-7-6-9-14(15)18-16(20)12-19(2)3/h6-7,9-10H,4-5,8,11-13H2,1-3H3. The van der Waals surface area contributed by atoms with Gasteiger partial charge in [0.25, 0.3) is 0 Å². The molecule has 0 unspecified atom stereocenters. The first-order valence-electron chi connectivity index (χ1n) is 7.86. The number of esters is 1. The molecule has 0 atom stereocenters. The van der Waals surface area contributed by atoms with Gasteiger partial charge in [-0.1, -0.05) is 31.9 Å². The second-order valence-electron chi connectivity index (χ2n) is 5.77. The Bertz CT molecular complexity index is 619. The summed E-state index contributed by atoms with van der Waals surface area (Å²) in [6.07, 6.45) is 3.14. The van der Waals surface area contributed by atoms with Crippen molar-refractivity contribution in [3.63, 3.8) is 0 Å². The number of carbonyl (C=O) groups is 1. The van der Waals surface area contributed by atoms with Crippen LogP contribution in [0.1, 0.15) is 32.0 Å². The van der Waals surface area contributed by atoms with Crippen molar-refractivity contribution in [2.75, 3.05) is 20.7 Å². The summed E-state index contributed by atoms with van der Waals surface area (Å²) in [5, 5.41) is 0. The minimum absolute atomic E-state index is 0.195. The molecule has 0 aliphatic rings. The number of unbranched alkanes of at least 4 members (excludes halogenated alkanes) is 2. The largest absolute Gasteiger partial charge is 0.464 e. The van der Waals surface area contributed by atoms with E-state index in [1.807, 2.05) is 47.8 Å². The molecular formula is C17H25N3O2. The normalized spacial score (nSPS) is 11.3. The number of imidazole rings is 1. The van der Waals surface area contributed by atoms with Gasteiger partial charge in [0, 0.05) is 0 Å². The van der Waals surface area contributed by atoms with Crippen molar-refractivity contribution in [3.05, 3.63) is 30.1 Å². The molecule has 120 valence electrons. The van der Waals surface area contributed by atoms with Crippen LogP contribution in [0.15, 0.2) is 24.3 Å². The lowest BCUT2D eigenvalue weighted by Crippen LogP contribution is -2.20. The van der Waals surface area contributed by atoms with Gasteiger partial charge in [0.2, 0.25) is 0 Å². The molecule has 0 N–H and O–H groups in total. The Labute approximate surface area is 131 Å². The van der Waals surface area contributed by atoms with Crippen LogP contribution in [0.3, 0.4) is 0 Å². The summed E-state index contributed by atoms with van der Waals surface area (Å²) in [5.74, 6) is 0.691. The number of rotatable bonds is 8. The van der Waals surface area contributed by atoms with E-state index in [0.717, 1.165) is 36.1 Å². The number of benzene rings is 1. The summed E-state index contributed by atoms with van der Waals surface area (Å²) in [7, 11) is 3.99. The second kappa shape index (κ2) is 7.94. The number of hydrogen-bond acceptors (Lipinski definition) is 4. The number of fused-ring (bicyclic) bond motifs is 1. The highest BCUT2D eigenvalue weighted by Gasteiger charge is 2.14. The Morgan fingerprint density at radius 1 is 1.27 bits per heavy atom. The van der Waals surface area contributed by atoms with Gasteiger partial charge in [-0.05, 0) is 32.6 Å². The molecule has 1 aromatic carbocycles. The maximum absolute atomic E-state index is 12.1. The SMILES string of the molecule is CCCCCOC(=O)Cn1c(CN(C)C)nc2ccccc21. The van der Waals surface area contributed by atoms with E-state index in [0.29, 0.717) is 13.2 Å². The zero-order valence-corrected chi connectivity index (χ0v) is 13.7. The van der Waals surface area contributed by atoms with Crippen LogP contribution in [0.2, 0.25) is 0 Å². The monoisotopic (exact) mass is 303 g/mol. The highest BCUT2D eigenvalue weighted by Crippen LogP contribution is 2.17. The highest BCUT2D eigenvalue weighted by atomic mass is 16.5. The summed E-state index contributed by atoms with van der Waals surface area (Å²) in [5.41, 5.74) is 1.89. The van der Waals surface area contributed by atoms with Crippen molar-refractivity contribution >= 4 is 17.0 Å². The van der Waals surface area contributed by atoms with E-state index >= 15 is 0 Å². The molecule has 0 saturated heterocycles. The van der Waals surface area contributed by atoms with Crippen LogP contribution >= 0.6 is 0 Å². The van der Waals surface area contributed by atoms with Crippen LogP contribution in [-0.4, -0.2) is 41.1 Å². The fourth-order valence-electron chi connectivity index (χ4n) is 2.42. The van der Waals surface area contributed by atoms with Gasteiger partial charge in [0.1, 0.15) is 12.4 Å². The average Bonchev–Trinajstić information content (AvgIpc) is 2.81. The molecule has 2 rings (SSSR count). The van der Waals surface area contributed by atoms with Crippen LogP contribution in [-0.2, 0) is 22.6 Å². The molecule has 0 radical (unpaired) electrons. The number of ether oxygens (including phenoxy) is 1. The van der Waals surface area contributed by atoms with E-state index in [9.17, 15) is 4.79 Å². The fourth-order valence-corrected chi connectivity index (χ4v) is 2.42. The van der Waals surface area contributed by atoms with Gasteiger partial charge in [-0.2, -0.15) is 0 Å². The Kier molecular flexibility index (Phi) is 5.95. The van der Waals surface area contributed by atoms with Crippen molar-refractivity contribution in [1.29, 1.82) is 0 Å². The summed E-state index contributed by atoms with van der Waals surface area (Å²) in [6, 6.07) is 7.89. The smallest absolute Gasteiger partial charge is 0.326 e. The van der Waals surface area contributed by atoms with Gasteiger partial charge in [-0.15, -0.1) is 0 Å². The fraction of sp³-hybridized carbons (Fsp3) is 0.529. The van der Waals surface area contributed by atoms with Crippen molar-refractivity contribution in [3.8, 4) is 0 Å². The summed E-state index contributed by atoms with van der Waals surface area (Å²) < 4.78 is 7.28. The van der Waals surface area contributed by atoms with Gasteiger partial charge < -0.3 is 14.2 Å². The van der Waals surface area contributed by atoms with E-state index in [4.69, 9.17) is 4.74 Å². The van der Waals surface area contributed by atoms with Crippen LogP contribution in [0.5, 0.6) is 0 Å². The third-order valence-corrected chi connectivity index (χ3v) is 3.49. The molecule has 0 bridgehead atoms. The molecular weight excluding hydrogens is 278 g/mol. The third kappa shape index (κ3) is 4.31. The summed E-state index contributed by atoms with van der Waals surface area (Å²) in [4.78, 5) is 18.7. The van der Waals surface area contributed by atoms with Crippen LogP contribution in [0.25, 0.3) is 11.0 Å². The molecule has 5 heteroatoms. The molecule has 0 aliphatic carbocycles. The van der Waals surface area contributed by atoms with Crippen molar-refractivity contribution < 1.29 is 9.53 Å². The van der Waals surface area contributed by atoms with Gasteiger partial charge in [0.05, 0.1) is 24.2 Å². The molecule has 0 aliphatic heterocycles. The first-order chi connectivity index (χ1) is 10.6. The maximum Gasteiger partial charge on any atom is 0.326 e. The molecule has 5 nitrogen and oxygen atoms in total. The van der Waals surface area contributed by atoms with Crippen LogP contribution in [0.4, 0.5) is 0 Å². The lowest BCUT2D eigenvalue weighted by Gasteiger charge is -2.12. The Hall–Kier alpha value is -1.88. The highest BCUT2D eigenvalue weighted by molar-refractivity contribution is 5.78. The third-order valence-electron chi connectivity index (χ3n) is 3.49. The molecule has 22 heavy (non-hydrogen) atoms. The Morgan fingerprint density at radius 2 is 2.05 bits per heavy atom. The number of nitrogens with zero attached hydrogens (tertiary/aromatic N) is 3. The van der Waals surface area contributed by atoms with E-state index in [-0.39, 0.29) is 12.5 Å². The lowest BCUT2D eigenvalue weighted by molar-refractivity contribution is -0.144.